The van der Waals surface area contributed by atoms with E-state index in [-0.39, 0.29) is 24.0 Å². The van der Waals surface area contributed by atoms with E-state index in [1.54, 1.807) is 30.6 Å². The van der Waals surface area contributed by atoms with E-state index >= 15 is 0 Å². The standard InChI is InChI=1S/C37H44N6O3/c1-3-17-43(18-4-2)37(46)29-20-27-10-11-28(21-34(27)42-35(38)22-29)36(45)41-31-19-25(23-39-24-31)9-15-32(44)16-14-30-13-12-26-7-5-6-8-33(26)40-30/h5-8,10-11,19-21,23-24,30,40H,3-4,9,12-18,22H2,1-2H3,(H2,38,42)(H,41,45). The molecule has 2 amide bonds. The molecule has 1 unspecified atom stereocenters. The van der Waals surface area contributed by atoms with Crippen molar-refractivity contribution in [1.82, 2.24) is 9.88 Å². The summed E-state index contributed by atoms with van der Waals surface area (Å²) in [7, 11) is 0. The van der Waals surface area contributed by atoms with Crippen LogP contribution in [-0.2, 0) is 22.4 Å². The molecular weight excluding hydrogens is 576 g/mol. The first-order valence-electron chi connectivity index (χ1n) is 16.4. The van der Waals surface area contributed by atoms with Crippen LogP contribution in [0.15, 0.2) is 71.5 Å². The van der Waals surface area contributed by atoms with E-state index in [1.807, 2.05) is 23.1 Å². The third kappa shape index (κ3) is 8.47. The minimum absolute atomic E-state index is 0.0296. The van der Waals surface area contributed by atoms with Crippen molar-refractivity contribution in [3.63, 3.8) is 0 Å². The smallest absolute Gasteiger partial charge is 0.255 e. The van der Waals surface area contributed by atoms with Crippen molar-refractivity contribution in [3.8, 4) is 0 Å². The number of nitrogens with two attached hydrogens (primary N) is 1. The van der Waals surface area contributed by atoms with Gasteiger partial charge in [-0.05, 0) is 80.0 Å². The number of rotatable bonds is 13. The van der Waals surface area contributed by atoms with Gasteiger partial charge in [-0.15, -0.1) is 0 Å². The number of carbonyl (C=O) groups is 3. The van der Waals surface area contributed by atoms with Gasteiger partial charge in [0, 0.05) is 67.0 Å². The SMILES string of the molecule is CCCN(CCC)C(=O)C1=Cc2ccc(C(=O)Nc3cncc(CCC(=O)CCC4CCc5ccccc5N4)c3)cc2N=C(N)C1. The molecule has 0 radical (unpaired) electrons. The summed E-state index contributed by atoms with van der Waals surface area (Å²) < 4.78 is 0. The number of para-hydroxylation sites is 1. The van der Waals surface area contributed by atoms with Crippen LogP contribution in [0, 0.1) is 0 Å². The number of hydrogen-bond donors (Lipinski definition) is 3. The summed E-state index contributed by atoms with van der Waals surface area (Å²) in [6.45, 7) is 5.49. The molecule has 0 saturated carbocycles. The number of pyridine rings is 1. The molecule has 3 aromatic rings. The molecule has 46 heavy (non-hydrogen) atoms. The second-order valence-electron chi connectivity index (χ2n) is 12.2. The van der Waals surface area contributed by atoms with E-state index in [2.05, 4.69) is 52.7 Å². The molecule has 2 aliphatic heterocycles. The molecule has 9 heteroatoms. The number of fused-ring (bicyclic) bond motifs is 2. The minimum Gasteiger partial charge on any atom is -0.387 e. The lowest BCUT2D eigenvalue weighted by Gasteiger charge is -2.26. The van der Waals surface area contributed by atoms with Crippen LogP contribution in [0.1, 0.15) is 85.8 Å². The summed E-state index contributed by atoms with van der Waals surface area (Å²) in [6, 6.07) is 15.7. The summed E-state index contributed by atoms with van der Waals surface area (Å²) in [4.78, 5) is 49.9. The molecule has 0 spiro atoms. The maximum atomic E-state index is 13.3. The number of carbonyl (C=O) groups excluding carboxylic acids is 3. The maximum absolute atomic E-state index is 13.3. The number of aliphatic imine (C=N–C) groups is 1. The molecule has 4 N–H and O–H groups in total. The molecule has 0 saturated heterocycles. The second-order valence-corrected chi connectivity index (χ2v) is 12.2. The molecule has 5 rings (SSSR count). The number of Topliss-reactive ketones (excluding diaryl/α,β-unsaturated/α-hetero) is 1. The Balaban J connectivity index is 1.16. The Morgan fingerprint density at radius 2 is 1.83 bits per heavy atom. The van der Waals surface area contributed by atoms with Crippen LogP contribution in [0.2, 0.25) is 0 Å². The van der Waals surface area contributed by atoms with Gasteiger partial charge in [0.1, 0.15) is 11.6 Å². The van der Waals surface area contributed by atoms with Crippen LogP contribution in [0.4, 0.5) is 17.1 Å². The number of anilines is 2. The van der Waals surface area contributed by atoms with Gasteiger partial charge in [0.25, 0.3) is 5.91 Å². The maximum Gasteiger partial charge on any atom is 0.255 e. The fraction of sp³-hybridized carbons (Fsp3) is 0.378. The van der Waals surface area contributed by atoms with Gasteiger partial charge in [-0.1, -0.05) is 38.1 Å². The third-order valence-corrected chi connectivity index (χ3v) is 8.46. The first-order chi connectivity index (χ1) is 22.3. The molecule has 0 aliphatic carbocycles. The number of ketones is 1. The van der Waals surface area contributed by atoms with Crippen LogP contribution in [-0.4, -0.2) is 52.4 Å². The number of aryl methyl sites for hydroxylation is 2. The lowest BCUT2D eigenvalue weighted by Crippen LogP contribution is -2.34. The first kappa shape index (κ1) is 32.6. The normalized spacial score (nSPS) is 15.3. The highest BCUT2D eigenvalue weighted by Crippen LogP contribution is 2.29. The van der Waals surface area contributed by atoms with Crippen molar-refractivity contribution in [2.24, 2.45) is 10.7 Å². The highest BCUT2D eigenvalue weighted by Gasteiger charge is 2.22. The van der Waals surface area contributed by atoms with Gasteiger partial charge in [-0.3, -0.25) is 19.4 Å². The fourth-order valence-electron chi connectivity index (χ4n) is 6.08. The Kier molecular flexibility index (Phi) is 11.0. The molecule has 240 valence electrons. The Labute approximate surface area is 271 Å². The van der Waals surface area contributed by atoms with Crippen LogP contribution in [0.5, 0.6) is 0 Å². The minimum atomic E-state index is -0.310. The Hall–Kier alpha value is -4.79. The number of nitrogens with zero attached hydrogens (tertiary/aromatic N) is 3. The molecule has 2 aromatic carbocycles. The highest BCUT2D eigenvalue weighted by molar-refractivity contribution is 6.08. The number of benzene rings is 2. The fourth-order valence-corrected chi connectivity index (χ4v) is 6.08. The summed E-state index contributed by atoms with van der Waals surface area (Å²) in [5.74, 6) is 0.214. The Morgan fingerprint density at radius 1 is 1.02 bits per heavy atom. The van der Waals surface area contributed by atoms with Gasteiger partial charge in [-0.25, -0.2) is 4.99 Å². The van der Waals surface area contributed by atoms with E-state index in [4.69, 9.17) is 5.73 Å². The second kappa shape index (κ2) is 15.5. The average molecular weight is 621 g/mol. The lowest BCUT2D eigenvalue weighted by atomic mass is 9.94. The predicted molar refractivity (Wildman–Crippen MR) is 184 cm³/mol. The van der Waals surface area contributed by atoms with Gasteiger partial charge in [-0.2, -0.15) is 0 Å². The average Bonchev–Trinajstić information content (AvgIpc) is 3.23. The quantitative estimate of drug-likeness (QED) is 0.201. The van der Waals surface area contributed by atoms with Gasteiger partial charge in [0.15, 0.2) is 0 Å². The lowest BCUT2D eigenvalue weighted by molar-refractivity contribution is -0.127. The zero-order valence-corrected chi connectivity index (χ0v) is 26.9. The number of aromatic nitrogens is 1. The van der Waals surface area contributed by atoms with E-state index in [0.29, 0.717) is 66.7 Å². The van der Waals surface area contributed by atoms with Gasteiger partial charge >= 0.3 is 0 Å². The monoisotopic (exact) mass is 620 g/mol. The summed E-state index contributed by atoms with van der Waals surface area (Å²) in [6.07, 6.45) is 11.6. The molecule has 3 heterocycles. The Morgan fingerprint density at radius 3 is 2.63 bits per heavy atom. The first-order valence-corrected chi connectivity index (χ1v) is 16.4. The summed E-state index contributed by atoms with van der Waals surface area (Å²) in [5, 5.41) is 6.49. The van der Waals surface area contributed by atoms with Crippen molar-refractivity contribution in [2.45, 2.75) is 77.7 Å². The molecule has 0 fully saturated rings. The highest BCUT2D eigenvalue weighted by atomic mass is 16.2. The topological polar surface area (TPSA) is 130 Å². The van der Waals surface area contributed by atoms with Gasteiger partial charge < -0.3 is 21.3 Å². The van der Waals surface area contributed by atoms with E-state index < -0.39 is 0 Å². The number of amidine groups is 1. The van der Waals surface area contributed by atoms with E-state index in [9.17, 15) is 14.4 Å². The number of nitrogens with one attached hydrogen (secondary N) is 2. The van der Waals surface area contributed by atoms with Crippen molar-refractivity contribution in [1.29, 1.82) is 0 Å². The largest absolute Gasteiger partial charge is 0.387 e. The van der Waals surface area contributed by atoms with Crippen LogP contribution < -0.4 is 16.4 Å². The zero-order valence-electron chi connectivity index (χ0n) is 26.9. The Bertz CT molecular complexity index is 1640. The van der Waals surface area contributed by atoms with Crippen molar-refractivity contribution in [2.75, 3.05) is 23.7 Å². The zero-order chi connectivity index (χ0) is 32.5. The molecule has 1 aromatic heterocycles. The van der Waals surface area contributed by atoms with Crippen LogP contribution in [0.25, 0.3) is 6.08 Å². The van der Waals surface area contributed by atoms with E-state index in [1.165, 1.54) is 11.3 Å². The molecule has 1 atom stereocenters. The number of amides is 2. The van der Waals surface area contributed by atoms with Gasteiger partial charge in [0.2, 0.25) is 5.91 Å². The molecular formula is C37H44N6O3. The predicted octanol–water partition coefficient (Wildman–Crippen LogP) is 6.47. The van der Waals surface area contributed by atoms with Crippen molar-refractivity contribution < 1.29 is 14.4 Å². The third-order valence-electron chi connectivity index (χ3n) is 8.46. The summed E-state index contributed by atoms with van der Waals surface area (Å²) in [5.41, 5.74) is 12.5. The molecule has 0 bridgehead atoms. The molecule has 9 nitrogen and oxygen atoms in total. The summed E-state index contributed by atoms with van der Waals surface area (Å²) >= 11 is 0. The van der Waals surface area contributed by atoms with Gasteiger partial charge in [0.05, 0.1) is 17.6 Å². The van der Waals surface area contributed by atoms with E-state index in [0.717, 1.165) is 43.2 Å². The number of hydrogen-bond acceptors (Lipinski definition) is 7. The van der Waals surface area contributed by atoms with Crippen LogP contribution >= 0.6 is 0 Å². The van der Waals surface area contributed by atoms with Crippen molar-refractivity contribution in [3.05, 3.63) is 88.8 Å². The molecule has 2 aliphatic rings. The van der Waals surface area contributed by atoms with Crippen molar-refractivity contribution >= 4 is 46.6 Å². The van der Waals surface area contributed by atoms with Crippen LogP contribution in [0.3, 0.4) is 0 Å².